The quantitative estimate of drug-likeness (QED) is 0.306. The summed E-state index contributed by atoms with van der Waals surface area (Å²) in [6.07, 6.45) is 14.0. The van der Waals surface area contributed by atoms with Gasteiger partial charge in [0.05, 0.1) is 5.02 Å². The van der Waals surface area contributed by atoms with Gasteiger partial charge in [0.2, 0.25) is 0 Å². The molecule has 0 bridgehead atoms. The molecule has 0 heterocycles. The summed E-state index contributed by atoms with van der Waals surface area (Å²) in [7, 11) is 0. The highest BCUT2D eigenvalue weighted by atomic mass is 35.5. The third-order valence-corrected chi connectivity index (χ3v) is 7.85. The smallest absolute Gasteiger partial charge is 0.142 e. The topological polar surface area (TPSA) is 0 Å². The molecule has 0 radical (unpaired) electrons. The summed E-state index contributed by atoms with van der Waals surface area (Å²) in [6, 6.07) is 3.45. The van der Waals surface area contributed by atoms with Gasteiger partial charge in [-0.25, -0.2) is 4.39 Å². The summed E-state index contributed by atoms with van der Waals surface area (Å²) in [4.78, 5) is 1.41. The second-order valence-electron chi connectivity index (χ2n) is 10.6. The molecule has 37 heavy (non-hydrogen) atoms. The third-order valence-electron chi connectivity index (χ3n) is 6.61. The number of halogens is 2. The number of hydrogen-bond donors (Lipinski definition) is 0. The van der Waals surface area contributed by atoms with Crippen LogP contribution in [-0.2, 0) is 6.42 Å². The van der Waals surface area contributed by atoms with Gasteiger partial charge in [0.25, 0.3) is 0 Å². The van der Waals surface area contributed by atoms with Crippen LogP contribution in [0.5, 0.6) is 0 Å². The minimum absolute atomic E-state index is 0.266. The molecule has 1 aliphatic rings. The van der Waals surface area contributed by atoms with Crippen LogP contribution in [0.2, 0.25) is 5.02 Å². The maximum atomic E-state index is 13.5. The van der Waals surface area contributed by atoms with Crippen molar-refractivity contribution in [3.05, 3.63) is 90.7 Å². The van der Waals surface area contributed by atoms with Crippen molar-refractivity contribution in [1.82, 2.24) is 0 Å². The Morgan fingerprint density at radius 2 is 1.62 bits per heavy atom. The lowest BCUT2D eigenvalue weighted by molar-refractivity contribution is 0.625. The van der Waals surface area contributed by atoms with Crippen LogP contribution in [0.15, 0.2) is 68.7 Å². The minimum atomic E-state index is -0.315. The average Bonchev–Trinajstić information content (AvgIpc) is 2.84. The molecule has 0 N–H and O–H groups in total. The summed E-state index contributed by atoms with van der Waals surface area (Å²) < 4.78 is 13.5. The zero-order chi connectivity index (χ0) is 28.7. The van der Waals surface area contributed by atoms with Crippen molar-refractivity contribution in [2.75, 3.05) is 6.26 Å². The molecule has 0 saturated heterocycles. The van der Waals surface area contributed by atoms with Crippen LogP contribution in [-0.4, -0.2) is 6.26 Å². The summed E-state index contributed by atoms with van der Waals surface area (Å²) in [5.41, 5.74) is 10.2. The van der Waals surface area contributed by atoms with Gasteiger partial charge in [-0.1, -0.05) is 86.7 Å². The first kappa shape index (κ1) is 35.5. The van der Waals surface area contributed by atoms with Gasteiger partial charge in [-0.3, -0.25) is 0 Å². The Balaban J connectivity index is 0.000000598. The van der Waals surface area contributed by atoms with E-state index in [4.69, 9.17) is 11.6 Å². The average molecular weight is 547 g/mol. The molecule has 0 nitrogen and oxygen atoms in total. The van der Waals surface area contributed by atoms with Gasteiger partial charge in [0, 0.05) is 0 Å². The highest BCUT2D eigenvalue weighted by molar-refractivity contribution is 8.02. The predicted molar refractivity (Wildman–Crippen MR) is 170 cm³/mol. The van der Waals surface area contributed by atoms with Gasteiger partial charge < -0.3 is 0 Å². The summed E-state index contributed by atoms with van der Waals surface area (Å²) >= 11 is 7.83. The van der Waals surface area contributed by atoms with Crippen molar-refractivity contribution in [2.45, 2.75) is 108 Å². The first-order valence-electron chi connectivity index (χ1n) is 13.6. The number of hydrogen-bond acceptors (Lipinski definition) is 1. The fourth-order valence-electron chi connectivity index (χ4n) is 3.70. The van der Waals surface area contributed by atoms with Gasteiger partial charge in [-0.05, 0) is 125 Å². The van der Waals surface area contributed by atoms with E-state index in [-0.39, 0.29) is 10.8 Å². The van der Waals surface area contributed by atoms with Gasteiger partial charge in [-0.15, -0.1) is 11.8 Å². The normalized spacial score (nSPS) is 14.0. The Morgan fingerprint density at radius 3 is 2.05 bits per heavy atom. The van der Waals surface area contributed by atoms with Crippen LogP contribution in [0, 0.1) is 18.7 Å². The SMILES string of the molecule is CC/C=C(C)\C(C(C)=C(C)C)=C(\C)SC.CC1=CC=C(Cc2cc(C)cc(F)c2Cl)CC1.CCC(C)C. The van der Waals surface area contributed by atoms with E-state index in [2.05, 4.69) is 93.7 Å². The van der Waals surface area contributed by atoms with Crippen molar-refractivity contribution in [2.24, 2.45) is 5.92 Å². The van der Waals surface area contributed by atoms with Gasteiger partial charge in [0.1, 0.15) is 5.82 Å². The number of thioether (sulfide) groups is 1. The van der Waals surface area contributed by atoms with Crippen LogP contribution < -0.4 is 0 Å². The molecule has 0 unspecified atom stereocenters. The molecule has 0 amide bonds. The Morgan fingerprint density at radius 1 is 1.03 bits per heavy atom. The van der Waals surface area contributed by atoms with Crippen molar-refractivity contribution < 1.29 is 4.39 Å². The van der Waals surface area contributed by atoms with Crippen LogP contribution in [0.4, 0.5) is 4.39 Å². The second-order valence-corrected chi connectivity index (χ2v) is 12.0. The Labute approximate surface area is 238 Å². The maximum Gasteiger partial charge on any atom is 0.142 e. The molecule has 1 aliphatic carbocycles. The lowest BCUT2D eigenvalue weighted by Crippen LogP contribution is -1.98. The number of benzene rings is 1. The first-order chi connectivity index (χ1) is 17.3. The molecular weight excluding hydrogens is 495 g/mol. The van der Waals surface area contributed by atoms with Crippen LogP contribution in [0.3, 0.4) is 0 Å². The third kappa shape index (κ3) is 13.7. The maximum absolute atomic E-state index is 13.5. The lowest BCUT2D eigenvalue weighted by Gasteiger charge is -2.14. The lowest BCUT2D eigenvalue weighted by atomic mass is 9.94. The summed E-state index contributed by atoms with van der Waals surface area (Å²) in [5, 5.41) is 0.266. The van der Waals surface area contributed by atoms with Gasteiger partial charge >= 0.3 is 0 Å². The van der Waals surface area contributed by atoms with Crippen LogP contribution in [0.25, 0.3) is 0 Å². The zero-order valence-electron chi connectivity index (χ0n) is 25.7. The molecule has 0 atom stereocenters. The van der Waals surface area contributed by atoms with Gasteiger partial charge in [-0.2, -0.15) is 0 Å². The standard InChI is InChI=1S/C15H16ClF.C14H24S.C5H12/c1-10-3-5-12(6-4-10)9-13-7-11(2)8-14(17)15(13)16;1-8-9-11(4)14(13(6)15-7)12(5)10(2)3;1-4-5(2)3/h3,5,7-8H,4,6,9H2,1-2H3;9H,8H2,1-7H3;5H,4H2,1-3H3/b;11-9-,14-13+;. The summed E-state index contributed by atoms with van der Waals surface area (Å²) in [6.45, 7) is 23.9. The van der Waals surface area contributed by atoms with E-state index >= 15 is 0 Å². The van der Waals surface area contributed by atoms with E-state index in [1.54, 1.807) is 0 Å². The van der Waals surface area contributed by atoms with Crippen molar-refractivity contribution >= 4 is 23.4 Å². The molecule has 2 rings (SSSR count). The highest BCUT2D eigenvalue weighted by Crippen LogP contribution is 2.30. The van der Waals surface area contributed by atoms with Crippen molar-refractivity contribution in [1.29, 1.82) is 0 Å². The fourth-order valence-corrected chi connectivity index (χ4v) is 4.39. The number of rotatable bonds is 7. The van der Waals surface area contributed by atoms with Crippen molar-refractivity contribution in [3.63, 3.8) is 0 Å². The van der Waals surface area contributed by atoms with E-state index in [9.17, 15) is 4.39 Å². The largest absolute Gasteiger partial charge is 0.205 e. The van der Waals surface area contributed by atoms with Gasteiger partial charge in [0.15, 0.2) is 0 Å². The minimum Gasteiger partial charge on any atom is -0.205 e. The number of allylic oxidation sites excluding steroid dienone is 10. The van der Waals surface area contributed by atoms with E-state index in [0.29, 0.717) is 0 Å². The first-order valence-corrected chi connectivity index (χ1v) is 15.2. The Hall–Kier alpha value is -1.51. The fraction of sp³-hybridized carbons (Fsp3) is 0.529. The Bertz CT molecular complexity index is 1010. The monoisotopic (exact) mass is 546 g/mol. The van der Waals surface area contributed by atoms with E-state index in [0.717, 1.165) is 42.7 Å². The summed E-state index contributed by atoms with van der Waals surface area (Å²) in [5.74, 6) is 0.569. The molecular formula is C34H52ClFS. The molecule has 0 aliphatic heterocycles. The molecule has 3 heteroatoms. The zero-order valence-corrected chi connectivity index (χ0v) is 27.2. The van der Waals surface area contributed by atoms with Crippen molar-refractivity contribution in [3.8, 4) is 0 Å². The van der Waals surface area contributed by atoms with Crippen LogP contribution in [0.1, 0.15) is 106 Å². The molecule has 208 valence electrons. The number of aryl methyl sites for hydroxylation is 1. The van der Waals surface area contributed by atoms with E-state index < -0.39 is 0 Å². The molecule has 0 spiro atoms. The Kier molecular flexibility index (Phi) is 17.9. The van der Waals surface area contributed by atoms with E-state index in [1.807, 2.05) is 24.8 Å². The van der Waals surface area contributed by atoms with E-state index in [1.165, 1.54) is 50.8 Å². The molecule has 0 saturated carbocycles. The molecule has 0 aromatic heterocycles. The molecule has 0 fully saturated rings. The molecule has 1 aromatic rings. The second kappa shape index (κ2) is 18.7. The van der Waals surface area contributed by atoms with Crippen LogP contribution >= 0.6 is 23.4 Å². The highest BCUT2D eigenvalue weighted by Gasteiger charge is 2.11. The molecule has 1 aromatic carbocycles. The predicted octanol–water partition coefficient (Wildman–Crippen LogP) is 12.4.